The first-order valence-corrected chi connectivity index (χ1v) is 7.58. The Bertz CT molecular complexity index is 757. The molecule has 23 heavy (non-hydrogen) atoms. The van der Waals surface area contributed by atoms with Crippen LogP contribution in [-0.2, 0) is 19.1 Å². The van der Waals surface area contributed by atoms with E-state index in [0.29, 0.717) is 31.7 Å². The van der Waals surface area contributed by atoms with Gasteiger partial charge in [0.25, 0.3) is 0 Å². The summed E-state index contributed by atoms with van der Waals surface area (Å²) in [6.45, 7) is 2.52. The van der Waals surface area contributed by atoms with E-state index < -0.39 is 5.97 Å². The summed E-state index contributed by atoms with van der Waals surface area (Å²) in [5.41, 5.74) is 1.51. The van der Waals surface area contributed by atoms with Gasteiger partial charge in [0.1, 0.15) is 17.3 Å². The quantitative estimate of drug-likeness (QED) is 0.405. The molecule has 0 amide bonds. The lowest BCUT2D eigenvalue weighted by atomic mass is 10.1. The highest BCUT2D eigenvalue weighted by Crippen LogP contribution is 2.20. The van der Waals surface area contributed by atoms with Gasteiger partial charge in [0, 0.05) is 30.6 Å². The average molecular weight is 314 g/mol. The predicted octanol–water partition coefficient (Wildman–Crippen LogP) is 2.26. The number of aromatic amines is 1. The Labute approximate surface area is 133 Å². The maximum atomic E-state index is 12.4. The fourth-order valence-electron chi connectivity index (χ4n) is 2.58. The van der Waals surface area contributed by atoms with Crippen molar-refractivity contribution in [2.75, 3.05) is 13.2 Å². The van der Waals surface area contributed by atoms with Gasteiger partial charge in [0.05, 0.1) is 13.2 Å². The molecule has 0 spiro atoms. The fraction of sp³-hybridized carbons (Fsp3) is 0.353. The van der Waals surface area contributed by atoms with Gasteiger partial charge >= 0.3 is 5.97 Å². The van der Waals surface area contributed by atoms with Crippen LogP contribution in [0.1, 0.15) is 25.3 Å². The smallest absolute Gasteiger partial charge is 0.342 e. The van der Waals surface area contributed by atoms with Gasteiger partial charge in [-0.15, -0.1) is 0 Å². The van der Waals surface area contributed by atoms with E-state index in [-0.39, 0.29) is 17.5 Å². The first-order chi connectivity index (χ1) is 11.1. The van der Waals surface area contributed by atoms with E-state index in [9.17, 15) is 9.59 Å². The van der Waals surface area contributed by atoms with E-state index in [4.69, 9.17) is 9.47 Å². The summed E-state index contributed by atoms with van der Waals surface area (Å²) in [4.78, 5) is 31.4. The van der Waals surface area contributed by atoms with Crippen molar-refractivity contribution >= 4 is 28.9 Å². The predicted molar refractivity (Wildman–Crippen MR) is 84.7 cm³/mol. The number of hydrogen-bond donors (Lipinski definition) is 1. The minimum absolute atomic E-state index is 0.0465. The van der Waals surface area contributed by atoms with Crippen molar-refractivity contribution in [3.8, 4) is 0 Å². The molecule has 0 aliphatic carbocycles. The number of Topliss-reactive ketones (excluding diaryl/α,β-unsaturated/α-hetero) is 1. The zero-order valence-electron chi connectivity index (χ0n) is 12.9. The summed E-state index contributed by atoms with van der Waals surface area (Å²) in [5.74, 6) is -0.896. The zero-order valence-corrected chi connectivity index (χ0v) is 12.9. The molecule has 2 aromatic heterocycles. The number of rotatable bonds is 4. The molecular formula is C17H18N2O4. The highest BCUT2D eigenvalue weighted by Gasteiger charge is 2.23. The number of pyridine rings is 1. The van der Waals surface area contributed by atoms with Gasteiger partial charge in [-0.1, -0.05) is 0 Å². The van der Waals surface area contributed by atoms with Crippen LogP contribution in [0.4, 0.5) is 0 Å². The Kier molecular flexibility index (Phi) is 4.52. The molecule has 0 unspecified atom stereocenters. The number of H-pyrrole nitrogens is 1. The van der Waals surface area contributed by atoms with Crippen LogP contribution in [0, 0.1) is 0 Å². The molecule has 6 nitrogen and oxygen atoms in total. The van der Waals surface area contributed by atoms with Crippen LogP contribution in [0.5, 0.6) is 0 Å². The summed E-state index contributed by atoms with van der Waals surface area (Å²) < 4.78 is 10.7. The number of esters is 1. The summed E-state index contributed by atoms with van der Waals surface area (Å²) in [7, 11) is 0. The number of carbonyl (C=O) groups excluding carboxylic acids is 2. The van der Waals surface area contributed by atoms with Crippen molar-refractivity contribution in [2.24, 2.45) is 0 Å². The normalized spacial score (nSPS) is 16.5. The maximum Gasteiger partial charge on any atom is 0.342 e. The average Bonchev–Trinajstić information content (AvgIpc) is 3.02. The van der Waals surface area contributed by atoms with Crippen molar-refractivity contribution < 1.29 is 19.1 Å². The molecule has 6 heteroatoms. The van der Waals surface area contributed by atoms with E-state index in [0.717, 1.165) is 10.9 Å². The molecular weight excluding hydrogens is 296 g/mol. The summed E-state index contributed by atoms with van der Waals surface area (Å²) in [6, 6.07) is 3.62. The van der Waals surface area contributed by atoms with Gasteiger partial charge in [-0.05, 0) is 30.7 Å². The molecule has 1 saturated heterocycles. The highest BCUT2D eigenvalue weighted by atomic mass is 16.6. The Hall–Kier alpha value is -2.47. The second-order valence-electron chi connectivity index (χ2n) is 5.47. The lowest BCUT2D eigenvalue weighted by Gasteiger charge is -2.22. The van der Waals surface area contributed by atoms with Gasteiger partial charge in [-0.25, -0.2) is 9.78 Å². The van der Waals surface area contributed by atoms with Crippen LogP contribution in [0.2, 0.25) is 0 Å². The Morgan fingerprint density at radius 1 is 1.35 bits per heavy atom. The molecule has 1 aliphatic heterocycles. The third kappa shape index (κ3) is 3.48. The van der Waals surface area contributed by atoms with Crippen LogP contribution in [0.3, 0.4) is 0 Å². The van der Waals surface area contributed by atoms with Crippen molar-refractivity contribution in [3.63, 3.8) is 0 Å². The topological polar surface area (TPSA) is 81.3 Å². The molecule has 0 radical (unpaired) electrons. The molecule has 1 aliphatic rings. The number of aromatic nitrogens is 2. The highest BCUT2D eigenvalue weighted by molar-refractivity contribution is 6.20. The molecule has 3 heterocycles. The monoisotopic (exact) mass is 314 g/mol. The maximum absolute atomic E-state index is 12.4. The van der Waals surface area contributed by atoms with Crippen molar-refractivity contribution in [3.05, 3.63) is 35.7 Å². The van der Waals surface area contributed by atoms with E-state index in [2.05, 4.69) is 9.97 Å². The van der Waals surface area contributed by atoms with E-state index >= 15 is 0 Å². The zero-order chi connectivity index (χ0) is 16.2. The number of nitrogens with one attached hydrogen (secondary N) is 1. The molecule has 0 saturated carbocycles. The summed E-state index contributed by atoms with van der Waals surface area (Å²) >= 11 is 0. The second kappa shape index (κ2) is 6.75. The molecule has 1 fully saturated rings. The van der Waals surface area contributed by atoms with Crippen LogP contribution in [0.25, 0.3) is 17.1 Å². The van der Waals surface area contributed by atoms with E-state index in [1.165, 1.54) is 6.92 Å². The first-order valence-electron chi connectivity index (χ1n) is 7.58. The van der Waals surface area contributed by atoms with E-state index in [1.807, 2.05) is 6.07 Å². The Balaban J connectivity index is 1.87. The molecule has 1 N–H and O–H groups in total. The summed E-state index contributed by atoms with van der Waals surface area (Å²) in [5, 5.41) is 0.852. The summed E-state index contributed by atoms with van der Waals surface area (Å²) in [6.07, 6.45) is 6.10. The van der Waals surface area contributed by atoms with Crippen molar-refractivity contribution in [1.82, 2.24) is 9.97 Å². The van der Waals surface area contributed by atoms with Crippen molar-refractivity contribution in [1.29, 1.82) is 0 Å². The third-order valence-electron chi connectivity index (χ3n) is 3.83. The molecule has 3 rings (SSSR count). The SMILES string of the molecule is CC(=O)/C(=C/c1ccnc2[nH]ccc12)C(=O)OC1CCOCC1. The van der Waals surface area contributed by atoms with Gasteiger partial charge in [0.15, 0.2) is 5.78 Å². The minimum Gasteiger partial charge on any atom is -0.459 e. The van der Waals surface area contributed by atoms with Gasteiger partial charge in [-0.3, -0.25) is 4.79 Å². The Morgan fingerprint density at radius 2 is 2.13 bits per heavy atom. The number of fused-ring (bicyclic) bond motifs is 1. The number of carbonyl (C=O) groups is 2. The molecule has 0 atom stereocenters. The van der Waals surface area contributed by atoms with E-state index in [1.54, 1.807) is 24.5 Å². The largest absolute Gasteiger partial charge is 0.459 e. The van der Waals surface area contributed by atoms with Gasteiger partial charge in [-0.2, -0.15) is 0 Å². The number of hydrogen-bond acceptors (Lipinski definition) is 5. The number of nitrogens with zero attached hydrogens (tertiary/aromatic N) is 1. The Morgan fingerprint density at radius 3 is 2.87 bits per heavy atom. The van der Waals surface area contributed by atoms with Gasteiger partial charge in [0.2, 0.25) is 0 Å². The van der Waals surface area contributed by atoms with Crippen LogP contribution in [-0.4, -0.2) is 41.0 Å². The fourth-order valence-corrected chi connectivity index (χ4v) is 2.58. The van der Waals surface area contributed by atoms with Crippen LogP contribution >= 0.6 is 0 Å². The number of ketones is 1. The molecule has 120 valence electrons. The van der Waals surface area contributed by atoms with Gasteiger partial charge < -0.3 is 14.5 Å². The van der Waals surface area contributed by atoms with Crippen LogP contribution < -0.4 is 0 Å². The first kappa shape index (κ1) is 15.4. The second-order valence-corrected chi connectivity index (χ2v) is 5.47. The third-order valence-corrected chi connectivity index (χ3v) is 3.83. The molecule has 0 bridgehead atoms. The molecule has 2 aromatic rings. The lowest BCUT2D eigenvalue weighted by Crippen LogP contribution is -2.27. The standard InChI is InChI=1S/C17H18N2O4/c1-11(20)15(17(21)23-13-4-8-22-9-5-13)10-12-2-6-18-16-14(12)3-7-19-16/h2-3,6-7,10,13H,4-5,8-9H2,1H3,(H,18,19)/b15-10-. The van der Waals surface area contributed by atoms with Crippen LogP contribution in [0.15, 0.2) is 30.1 Å². The number of ether oxygens (including phenoxy) is 2. The lowest BCUT2D eigenvalue weighted by molar-refractivity contribution is -0.149. The minimum atomic E-state index is -0.579. The molecule has 0 aromatic carbocycles. The van der Waals surface area contributed by atoms with Crippen molar-refractivity contribution in [2.45, 2.75) is 25.9 Å².